The average Bonchev–Trinajstić information content (AvgIpc) is 2.46. The minimum absolute atomic E-state index is 0.0272. The Hall–Kier alpha value is -1.92. The second kappa shape index (κ2) is 6.69. The van der Waals surface area contributed by atoms with Crippen molar-refractivity contribution in [2.75, 3.05) is 10.5 Å². The molecule has 0 radical (unpaired) electrons. The molecule has 0 aliphatic carbocycles. The fourth-order valence-electron chi connectivity index (χ4n) is 1.92. The van der Waals surface area contributed by atoms with Crippen LogP contribution in [0.3, 0.4) is 0 Å². The van der Waals surface area contributed by atoms with Gasteiger partial charge in [-0.15, -0.1) is 0 Å². The summed E-state index contributed by atoms with van der Waals surface area (Å²) in [5, 5.41) is 0. The smallest absolute Gasteiger partial charge is 0.233 e. The summed E-state index contributed by atoms with van der Waals surface area (Å²) < 4.78 is 26.8. The van der Waals surface area contributed by atoms with Crippen molar-refractivity contribution in [3.05, 3.63) is 59.9 Å². The molecule has 0 saturated heterocycles. The molecule has 0 amide bonds. The van der Waals surface area contributed by atoms with E-state index < -0.39 is 10.0 Å². The third-order valence-electron chi connectivity index (χ3n) is 3.09. The normalized spacial score (nSPS) is 12.9. The molecule has 1 aromatic heterocycles. The molecule has 6 heteroatoms. The molecule has 21 heavy (non-hydrogen) atoms. The van der Waals surface area contributed by atoms with Gasteiger partial charge in [0, 0.05) is 24.1 Å². The Morgan fingerprint density at radius 1 is 1.24 bits per heavy atom. The van der Waals surface area contributed by atoms with Crippen molar-refractivity contribution >= 4 is 15.7 Å². The summed E-state index contributed by atoms with van der Waals surface area (Å²) in [5.41, 5.74) is 8.18. The van der Waals surface area contributed by atoms with E-state index in [1.54, 1.807) is 30.6 Å². The van der Waals surface area contributed by atoms with Crippen molar-refractivity contribution in [2.45, 2.75) is 19.4 Å². The predicted octanol–water partition coefficient (Wildman–Crippen LogP) is 2.09. The van der Waals surface area contributed by atoms with E-state index in [0.717, 1.165) is 11.1 Å². The molecule has 1 unspecified atom stereocenters. The molecule has 0 aliphatic heterocycles. The highest BCUT2D eigenvalue weighted by molar-refractivity contribution is 7.92. The molecule has 0 spiro atoms. The third kappa shape index (κ3) is 4.84. The van der Waals surface area contributed by atoms with Gasteiger partial charge in [-0.1, -0.05) is 12.1 Å². The lowest BCUT2D eigenvalue weighted by atomic mass is 10.1. The second-order valence-electron chi connectivity index (χ2n) is 4.94. The number of nitrogens with two attached hydrogens (primary N) is 1. The lowest BCUT2D eigenvalue weighted by Gasteiger charge is -2.11. The number of aryl methyl sites for hydroxylation is 1. The van der Waals surface area contributed by atoms with Crippen molar-refractivity contribution in [1.82, 2.24) is 4.98 Å². The van der Waals surface area contributed by atoms with E-state index in [1.165, 1.54) is 0 Å². The third-order valence-corrected chi connectivity index (χ3v) is 4.38. The molecular weight excluding hydrogens is 286 g/mol. The van der Waals surface area contributed by atoms with E-state index in [1.807, 2.05) is 25.1 Å². The Labute approximate surface area is 125 Å². The van der Waals surface area contributed by atoms with E-state index in [9.17, 15) is 8.42 Å². The number of nitrogens with one attached hydrogen (secondary N) is 1. The molecule has 3 N–H and O–H groups in total. The van der Waals surface area contributed by atoms with Gasteiger partial charge in [-0.3, -0.25) is 9.71 Å². The Kier molecular flexibility index (Phi) is 4.93. The van der Waals surface area contributed by atoms with Gasteiger partial charge >= 0.3 is 0 Å². The Balaban J connectivity index is 2.02. The van der Waals surface area contributed by atoms with Crippen LogP contribution in [0.4, 0.5) is 5.69 Å². The number of benzene rings is 1. The van der Waals surface area contributed by atoms with Crippen LogP contribution in [-0.4, -0.2) is 19.2 Å². The fourth-order valence-corrected chi connectivity index (χ4v) is 3.01. The molecule has 1 heterocycles. The molecule has 0 saturated carbocycles. The number of aromatic nitrogens is 1. The van der Waals surface area contributed by atoms with Gasteiger partial charge in [0.15, 0.2) is 0 Å². The molecule has 0 aliphatic rings. The quantitative estimate of drug-likeness (QED) is 0.855. The zero-order valence-corrected chi connectivity index (χ0v) is 12.7. The van der Waals surface area contributed by atoms with Gasteiger partial charge in [0.2, 0.25) is 10.0 Å². The summed E-state index contributed by atoms with van der Waals surface area (Å²) in [5.74, 6) is 0.0272. The molecule has 0 fully saturated rings. The maximum atomic E-state index is 12.1. The number of sulfonamides is 1. The second-order valence-corrected chi connectivity index (χ2v) is 6.78. The summed E-state index contributed by atoms with van der Waals surface area (Å²) in [6.07, 6.45) is 3.76. The lowest BCUT2D eigenvalue weighted by molar-refractivity contribution is 0.600. The van der Waals surface area contributed by atoms with Crippen LogP contribution in [-0.2, 0) is 16.4 Å². The lowest BCUT2D eigenvalue weighted by Crippen LogP contribution is -2.18. The van der Waals surface area contributed by atoms with Gasteiger partial charge in [-0.25, -0.2) is 8.42 Å². The van der Waals surface area contributed by atoms with Crippen molar-refractivity contribution < 1.29 is 8.42 Å². The van der Waals surface area contributed by atoms with Crippen LogP contribution in [0.15, 0.2) is 48.8 Å². The van der Waals surface area contributed by atoms with Crippen molar-refractivity contribution in [1.29, 1.82) is 0 Å². The maximum Gasteiger partial charge on any atom is 0.233 e. The molecule has 2 rings (SSSR count). The van der Waals surface area contributed by atoms with E-state index in [2.05, 4.69) is 9.71 Å². The van der Waals surface area contributed by atoms with Crippen LogP contribution in [0.25, 0.3) is 0 Å². The van der Waals surface area contributed by atoms with Crippen LogP contribution in [0.1, 0.15) is 24.1 Å². The molecule has 1 aromatic carbocycles. The van der Waals surface area contributed by atoms with Gasteiger partial charge in [-0.05, 0) is 48.7 Å². The fraction of sp³-hybridized carbons (Fsp3) is 0.267. The topological polar surface area (TPSA) is 85.1 Å². The molecule has 2 aromatic rings. The summed E-state index contributed by atoms with van der Waals surface area (Å²) in [4.78, 5) is 3.91. The molecule has 112 valence electrons. The zero-order valence-electron chi connectivity index (χ0n) is 11.9. The number of pyridine rings is 1. The maximum absolute atomic E-state index is 12.1. The Morgan fingerprint density at radius 2 is 1.95 bits per heavy atom. The SMILES string of the molecule is CC(N)c1cccc(NS(=O)(=O)CCc2ccncc2)c1. The minimum Gasteiger partial charge on any atom is -0.324 e. The standard InChI is InChI=1S/C15H19N3O2S/c1-12(16)14-3-2-4-15(11-14)18-21(19,20)10-7-13-5-8-17-9-6-13/h2-6,8-9,11-12,18H,7,10,16H2,1H3. The predicted molar refractivity (Wildman–Crippen MR) is 84.4 cm³/mol. The number of anilines is 1. The number of rotatable bonds is 6. The largest absolute Gasteiger partial charge is 0.324 e. The minimum atomic E-state index is -3.39. The van der Waals surface area contributed by atoms with Crippen LogP contribution in [0, 0.1) is 0 Å². The number of hydrogen-bond acceptors (Lipinski definition) is 4. The molecule has 0 bridgehead atoms. The van der Waals surface area contributed by atoms with Crippen LogP contribution < -0.4 is 10.5 Å². The van der Waals surface area contributed by atoms with Crippen LogP contribution in [0.2, 0.25) is 0 Å². The summed E-state index contributed by atoms with van der Waals surface area (Å²) in [6, 6.07) is 10.6. The van der Waals surface area contributed by atoms with Gasteiger partial charge in [-0.2, -0.15) is 0 Å². The first kappa shape index (κ1) is 15.5. The van der Waals surface area contributed by atoms with Crippen molar-refractivity contribution in [3.63, 3.8) is 0 Å². The van der Waals surface area contributed by atoms with E-state index in [4.69, 9.17) is 5.73 Å². The van der Waals surface area contributed by atoms with E-state index >= 15 is 0 Å². The van der Waals surface area contributed by atoms with Gasteiger partial charge in [0.1, 0.15) is 0 Å². The molecular formula is C15H19N3O2S. The Bertz CT molecular complexity index is 685. The van der Waals surface area contributed by atoms with E-state index in [0.29, 0.717) is 12.1 Å². The van der Waals surface area contributed by atoms with Crippen LogP contribution in [0.5, 0.6) is 0 Å². The highest BCUT2D eigenvalue weighted by Crippen LogP contribution is 2.17. The first-order valence-electron chi connectivity index (χ1n) is 6.71. The zero-order chi connectivity index (χ0) is 15.3. The van der Waals surface area contributed by atoms with Crippen molar-refractivity contribution in [2.24, 2.45) is 5.73 Å². The Morgan fingerprint density at radius 3 is 2.62 bits per heavy atom. The highest BCUT2D eigenvalue weighted by Gasteiger charge is 2.11. The summed E-state index contributed by atoms with van der Waals surface area (Å²) in [6.45, 7) is 1.86. The average molecular weight is 305 g/mol. The van der Waals surface area contributed by atoms with Gasteiger partial charge in [0.05, 0.1) is 5.75 Å². The number of hydrogen-bond donors (Lipinski definition) is 2. The molecule has 1 atom stereocenters. The van der Waals surface area contributed by atoms with Gasteiger partial charge in [0.25, 0.3) is 0 Å². The first-order chi connectivity index (χ1) is 9.96. The monoisotopic (exact) mass is 305 g/mol. The molecule has 5 nitrogen and oxygen atoms in total. The highest BCUT2D eigenvalue weighted by atomic mass is 32.2. The summed E-state index contributed by atoms with van der Waals surface area (Å²) >= 11 is 0. The van der Waals surface area contributed by atoms with Gasteiger partial charge < -0.3 is 5.73 Å². The van der Waals surface area contributed by atoms with Crippen LogP contribution >= 0.6 is 0 Å². The van der Waals surface area contributed by atoms with Crippen molar-refractivity contribution in [3.8, 4) is 0 Å². The first-order valence-corrected chi connectivity index (χ1v) is 8.36. The number of nitrogens with zero attached hydrogens (tertiary/aromatic N) is 1. The summed E-state index contributed by atoms with van der Waals surface area (Å²) in [7, 11) is -3.39. The van der Waals surface area contributed by atoms with E-state index in [-0.39, 0.29) is 11.8 Å².